The molecule has 1 atom stereocenters. The van der Waals surface area contributed by atoms with Gasteiger partial charge in [-0.3, -0.25) is 9.59 Å². The van der Waals surface area contributed by atoms with Gasteiger partial charge in [0.05, 0.1) is 12.5 Å². The van der Waals surface area contributed by atoms with Crippen molar-refractivity contribution in [1.29, 1.82) is 0 Å². The van der Waals surface area contributed by atoms with Crippen molar-refractivity contribution in [2.75, 3.05) is 6.54 Å². The van der Waals surface area contributed by atoms with Crippen molar-refractivity contribution in [3.05, 3.63) is 46.8 Å². The summed E-state index contributed by atoms with van der Waals surface area (Å²) < 4.78 is 79.6. The third-order valence-corrected chi connectivity index (χ3v) is 4.69. The Hall–Kier alpha value is -3.12. The van der Waals surface area contributed by atoms with Crippen molar-refractivity contribution in [2.45, 2.75) is 32.1 Å². The maximum absolute atomic E-state index is 13.8. The lowest BCUT2D eigenvalue weighted by Gasteiger charge is -2.29. The Labute approximate surface area is 164 Å². The molecule has 2 heterocycles. The normalized spacial score (nSPS) is 15.1. The fraction of sp³-hybridized carbons (Fsp3) is 0.412. The summed E-state index contributed by atoms with van der Waals surface area (Å²) in [6, 6.07) is 0.800. The molecular weight excluding hydrogens is 422 g/mol. The van der Waals surface area contributed by atoms with E-state index in [1.165, 1.54) is 0 Å². The molecule has 0 bridgehead atoms. The number of hydrogen-bond acceptors (Lipinski definition) is 4. The molecule has 1 aromatic carbocycles. The molecule has 1 amide bonds. The van der Waals surface area contributed by atoms with Gasteiger partial charge in [0.15, 0.2) is 17.5 Å². The van der Waals surface area contributed by atoms with Crippen molar-refractivity contribution >= 4 is 11.9 Å². The summed E-state index contributed by atoms with van der Waals surface area (Å²) in [6.07, 6.45) is -5.90. The molecule has 2 aromatic rings. The second-order valence-corrected chi connectivity index (χ2v) is 6.71. The van der Waals surface area contributed by atoms with E-state index < -0.39 is 65.7 Å². The number of amides is 1. The van der Waals surface area contributed by atoms with Gasteiger partial charge in [-0.2, -0.15) is 13.2 Å². The number of carbonyl (C=O) groups excluding carboxylic acids is 1. The van der Waals surface area contributed by atoms with Crippen LogP contribution in [0.2, 0.25) is 0 Å². The highest BCUT2D eigenvalue weighted by molar-refractivity contribution is 5.82. The summed E-state index contributed by atoms with van der Waals surface area (Å²) in [6.45, 7) is -0.689. The Kier molecular flexibility index (Phi) is 5.72. The van der Waals surface area contributed by atoms with Gasteiger partial charge in [-0.1, -0.05) is 0 Å². The standard InChI is InChI=1S/C17H14F6N4O3/c18-10-6-12(20)11(19)4-8(10)3-9(15(29)30)5-14(28)26-1-2-27-13(7-26)24-25-16(27)17(21,22)23/h4,6,9H,1-3,5,7H2,(H,29,30). The topological polar surface area (TPSA) is 88.3 Å². The molecule has 0 fully saturated rings. The third kappa shape index (κ3) is 4.39. The van der Waals surface area contributed by atoms with Crippen LogP contribution in [0.5, 0.6) is 0 Å². The zero-order valence-corrected chi connectivity index (χ0v) is 15.1. The first-order chi connectivity index (χ1) is 14.0. The van der Waals surface area contributed by atoms with Crippen LogP contribution < -0.4 is 0 Å². The van der Waals surface area contributed by atoms with Gasteiger partial charge in [-0.05, 0) is 18.1 Å². The van der Waals surface area contributed by atoms with Gasteiger partial charge in [-0.15, -0.1) is 10.2 Å². The predicted octanol–water partition coefficient (Wildman–Crippen LogP) is 2.39. The Balaban J connectivity index is 1.71. The van der Waals surface area contributed by atoms with E-state index in [1.54, 1.807) is 0 Å². The first kappa shape index (κ1) is 21.6. The van der Waals surface area contributed by atoms with Gasteiger partial charge in [0.2, 0.25) is 11.7 Å². The lowest BCUT2D eigenvalue weighted by Crippen LogP contribution is -2.40. The lowest BCUT2D eigenvalue weighted by molar-refractivity contribution is -0.149. The zero-order valence-electron chi connectivity index (χ0n) is 15.1. The van der Waals surface area contributed by atoms with Gasteiger partial charge in [0, 0.05) is 25.6 Å². The van der Waals surface area contributed by atoms with Crippen LogP contribution in [0.3, 0.4) is 0 Å². The van der Waals surface area contributed by atoms with Crippen molar-refractivity contribution in [3.63, 3.8) is 0 Å². The Morgan fingerprint density at radius 1 is 1.07 bits per heavy atom. The van der Waals surface area contributed by atoms with E-state index in [4.69, 9.17) is 0 Å². The molecule has 3 rings (SSSR count). The van der Waals surface area contributed by atoms with E-state index in [0.29, 0.717) is 6.07 Å². The second kappa shape index (κ2) is 7.95. The minimum absolute atomic E-state index is 0.111. The van der Waals surface area contributed by atoms with E-state index in [-0.39, 0.29) is 31.5 Å². The number of alkyl halides is 3. The van der Waals surface area contributed by atoms with Crippen LogP contribution in [0.1, 0.15) is 23.6 Å². The van der Waals surface area contributed by atoms with E-state index in [1.807, 2.05) is 0 Å². The van der Waals surface area contributed by atoms with Crippen LogP contribution in [0.25, 0.3) is 0 Å². The molecule has 13 heteroatoms. The quantitative estimate of drug-likeness (QED) is 0.575. The molecule has 0 saturated heterocycles. The van der Waals surface area contributed by atoms with E-state index in [2.05, 4.69) is 10.2 Å². The highest BCUT2D eigenvalue weighted by Crippen LogP contribution is 2.29. The van der Waals surface area contributed by atoms with Crippen LogP contribution in [0, 0.1) is 23.4 Å². The summed E-state index contributed by atoms with van der Waals surface area (Å²) in [5, 5.41) is 15.8. The highest BCUT2D eigenvalue weighted by Gasteiger charge is 2.40. The number of benzene rings is 1. The first-order valence-corrected chi connectivity index (χ1v) is 8.60. The van der Waals surface area contributed by atoms with E-state index in [0.717, 1.165) is 9.47 Å². The number of halogens is 6. The fourth-order valence-corrected chi connectivity index (χ4v) is 3.15. The summed E-state index contributed by atoms with van der Waals surface area (Å²) in [5.41, 5.74) is -0.415. The average Bonchev–Trinajstić information content (AvgIpc) is 3.08. The van der Waals surface area contributed by atoms with Crippen LogP contribution in [0.4, 0.5) is 26.3 Å². The maximum Gasteiger partial charge on any atom is 0.451 e. The number of fused-ring (bicyclic) bond motifs is 1. The number of nitrogens with zero attached hydrogens (tertiary/aromatic N) is 4. The molecular formula is C17H14F6N4O3. The zero-order chi connectivity index (χ0) is 22.2. The number of carboxylic acids is 1. The molecule has 1 N–H and O–H groups in total. The van der Waals surface area contributed by atoms with Crippen molar-refractivity contribution in [1.82, 2.24) is 19.7 Å². The molecule has 1 aliphatic heterocycles. The van der Waals surface area contributed by atoms with Gasteiger partial charge in [0.1, 0.15) is 5.82 Å². The smallest absolute Gasteiger partial charge is 0.451 e. The summed E-state index contributed by atoms with van der Waals surface area (Å²) in [4.78, 5) is 25.1. The number of aliphatic carboxylic acids is 1. The van der Waals surface area contributed by atoms with Crippen molar-refractivity contribution in [2.24, 2.45) is 5.92 Å². The maximum atomic E-state index is 13.8. The average molecular weight is 436 g/mol. The molecule has 1 aliphatic rings. The van der Waals surface area contributed by atoms with Gasteiger partial charge >= 0.3 is 12.1 Å². The fourth-order valence-electron chi connectivity index (χ4n) is 3.15. The summed E-state index contributed by atoms with van der Waals surface area (Å²) >= 11 is 0. The molecule has 30 heavy (non-hydrogen) atoms. The number of rotatable bonds is 5. The molecule has 1 aromatic heterocycles. The van der Waals surface area contributed by atoms with E-state index >= 15 is 0 Å². The van der Waals surface area contributed by atoms with Crippen molar-refractivity contribution < 1.29 is 41.0 Å². The minimum Gasteiger partial charge on any atom is -0.481 e. The molecule has 7 nitrogen and oxygen atoms in total. The number of hydrogen-bond donors (Lipinski definition) is 1. The highest BCUT2D eigenvalue weighted by atomic mass is 19.4. The van der Waals surface area contributed by atoms with E-state index in [9.17, 15) is 41.0 Å². The SMILES string of the molecule is O=C(O)C(CC(=O)N1CCn2c(nnc2C(F)(F)F)C1)Cc1cc(F)c(F)cc1F. The number of aromatic nitrogens is 3. The second-order valence-electron chi connectivity index (χ2n) is 6.71. The van der Waals surface area contributed by atoms with Crippen LogP contribution in [-0.4, -0.2) is 43.2 Å². The van der Waals surface area contributed by atoms with Gasteiger partial charge in [-0.25, -0.2) is 13.2 Å². The first-order valence-electron chi connectivity index (χ1n) is 8.60. The predicted molar refractivity (Wildman–Crippen MR) is 86.2 cm³/mol. The molecule has 0 saturated carbocycles. The van der Waals surface area contributed by atoms with Crippen LogP contribution in [-0.2, 0) is 35.3 Å². The Morgan fingerprint density at radius 2 is 1.73 bits per heavy atom. The summed E-state index contributed by atoms with van der Waals surface area (Å²) in [5.74, 6) is -8.89. The molecule has 162 valence electrons. The Morgan fingerprint density at radius 3 is 2.37 bits per heavy atom. The molecule has 1 unspecified atom stereocenters. The Bertz CT molecular complexity index is 991. The number of carboxylic acid groups (broad SMARTS) is 1. The van der Waals surface area contributed by atoms with Gasteiger partial charge in [0.25, 0.3) is 0 Å². The monoisotopic (exact) mass is 436 g/mol. The van der Waals surface area contributed by atoms with Crippen LogP contribution in [0.15, 0.2) is 12.1 Å². The molecule has 0 aliphatic carbocycles. The van der Waals surface area contributed by atoms with Crippen LogP contribution >= 0.6 is 0 Å². The molecule has 0 radical (unpaired) electrons. The van der Waals surface area contributed by atoms with Crippen molar-refractivity contribution in [3.8, 4) is 0 Å². The molecule has 0 spiro atoms. The lowest BCUT2D eigenvalue weighted by atomic mass is 9.95. The summed E-state index contributed by atoms with van der Waals surface area (Å²) in [7, 11) is 0. The minimum atomic E-state index is -4.71. The third-order valence-electron chi connectivity index (χ3n) is 4.69. The van der Waals surface area contributed by atoms with Gasteiger partial charge < -0.3 is 14.6 Å². The number of carbonyl (C=O) groups is 2. The largest absolute Gasteiger partial charge is 0.481 e.